The lowest BCUT2D eigenvalue weighted by atomic mass is 10.0. The molecule has 5 rings (SSSR count). The van der Waals surface area contributed by atoms with Gasteiger partial charge in [-0.1, -0.05) is 41.6 Å². The third-order valence-corrected chi connectivity index (χ3v) is 6.04. The van der Waals surface area contributed by atoms with Crippen LogP contribution in [0.1, 0.15) is 29.3 Å². The molecule has 166 valence electrons. The summed E-state index contributed by atoms with van der Waals surface area (Å²) in [6.07, 6.45) is 2.15. The third kappa shape index (κ3) is 4.58. The number of thioether (sulfide) groups is 1. The average Bonchev–Trinajstić information content (AvgIpc) is 3.59. The van der Waals surface area contributed by atoms with Crippen molar-refractivity contribution >= 4 is 23.4 Å². The number of hydrazone groups is 1. The number of hydrogen-bond acceptors (Lipinski definition) is 7. The summed E-state index contributed by atoms with van der Waals surface area (Å²) in [5.41, 5.74) is 3.56. The molecule has 0 bridgehead atoms. The molecule has 2 aromatic heterocycles. The van der Waals surface area contributed by atoms with Crippen LogP contribution in [-0.4, -0.2) is 32.6 Å². The number of furan rings is 1. The number of carbonyl (C=O) groups is 1. The number of carbonyl (C=O) groups excluding carboxylic acids is 1. The number of hydrogen-bond donors (Lipinski definition) is 0. The monoisotopic (exact) mass is 462 g/mol. The van der Waals surface area contributed by atoms with E-state index < -0.39 is 0 Å². The molecule has 0 N–H and O–H groups in total. The van der Waals surface area contributed by atoms with Gasteiger partial charge in [0.05, 0.1) is 17.7 Å². The standard InChI is InChI=1S/C24H19FN4O3S/c1-15-4-6-16(7-5-15)19-13-20(21-3-2-12-31-21)29(28-19)22(30)14-33-24-27-26-23(32-24)17-8-10-18(25)11-9-17/h2-12,20H,13-14H2,1H3. The summed E-state index contributed by atoms with van der Waals surface area (Å²) in [5.74, 6) is 0.452. The van der Waals surface area contributed by atoms with E-state index >= 15 is 0 Å². The molecular formula is C24H19FN4O3S. The molecule has 0 aliphatic carbocycles. The van der Waals surface area contributed by atoms with Crippen LogP contribution in [0.2, 0.25) is 0 Å². The van der Waals surface area contributed by atoms with Crippen LogP contribution >= 0.6 is 11.8 Å². The highest BCUT2D eigenvalue weighted by atomic mass is 32.2. The second-order valence-electron chi connectivity index (χ2n) is 7.56. The maximum atomic E-state index is 13.1. The van der Waals surface area contributed by atoms with Crippen LogP contribution in [0, 0.1) is 12.7 Å². The highest BCUT2D eigenvalue weighted by Gasteiger charge is 2.35. The van der Waals surface area contributed by atoms with Gasteiger partial charge in [-0.05, 0) is 48.9 Å². The zero-order chi connectivity index (χ0) is 22.8. The Labute approximate surface area is 193 Å². The lowest BCUT2D eigenvalue weighted by Crippen LogP contribution is -2.28. The van der Waals surface area contributed by atoms with E-state index in [4.69, 9.17) is 8.83 Å². The first-order chi connectivity index (χ1) is 16.1. The van der Waals surface area contributed by atoms with E-state index in [9.17, 15) is 9.18 Å². The van der Waals surface area contributed by atoms with Crippen molar-refractivity contribution in [1.29, 1.82) is 0 Å². The summed E-state index contributed by atoms with van der Waals surface area (Å²) < 4.78 is 24.3. The smallest absolute Gasteiger partial charge is 0.277 e. The first-order valence-corrected chi connectivity index (χ1v) is 11.3. The molecule has 1 atom stereocenters. The molecule has 0 spiro atoms. The quantitative estimate of drug-likeness (QED) is 0.364. The van der Waals surface area contributed by atoms with Crippen molar-refractivity contribution in [3.8, 4) is 11.5 Å². The van der Waals surface area contributed by atoms with Gasteiger partial charge in [-0.2, -0.15) is 5.10 Å². The molecule has 0 radical (unpaired) electrons. The van der Waals surface area contributed by atoms with Gasteiger partial charge < -0.3 is 8.83 Å². The van der Waals surface area contributed by atoms with Crippen molar-refractivity contribution < 1.29 is 18.0 Å². The van der Waals surface area contributed by atoms with E-state index in [1.807, 2.05) is 37.3 Å². The Kier molecular flexibility index (Phi) is 5.78. The number of rotatable bonds is 6. The van der Waals surface area contributed by atoms with Crippen molar-refractivity contribution in [3.63, 3.8) is 0 Å². The van der Waals surface area contributed by atoms with Crippen LogP contribution in [-0.2, 0) is 4.79 Å². The Morgan fingerprint density at radius 1 is 1.09 bits per heavy atom. The molecule has 1 aliphatic rings. The molecule has 0 saturated carbocycles. The molecule has 3 heterocycles. The van der Waals surface area contributed by atoms with E-state index in [1.54, 1.807) is 24.5 Å². The van der Waals surface area contributed by atoms with Crippen LogP contribution in [0.25, 0.3) is 11.5 Å². The van der Waals surface area contributed by atoms with Crippen molar-refractivity contribution in [2.24, 2.45) is 5.10 Å². The Bertz CT molecular complexity index is 1280. The summed E-state index contributed by atoms with van der Waals surface area (Å²) in [5, 5.41) is 14.3. The van der Waals surface area contributed by atoms with Gasteiger partial charge in [0.15, 0.2) is 0 Å². The van der Waals surface area contributed by atoms with Crippen molar-refractivity contribution in [3.05, 3.63) is 89.6 Å². The number of nitrogens with zero attached hydrogens (tertiary/aromatic N) is 4. The molecule has 4 aromatic rings. The summed E-state index contributed by atoms with van der Waals surface area (Å²) in [4.78, 5) is 13.1. The maximum absolute atomic E-state index is 13.1. The van der Waals surface area contributed by atoms with E-state index in [1.165, 1.54) is 17.1 Å². The Balaban J connectivity index is 1.31. The molecule has 1 aliphatic heterocycles. The van der Waals surface area contributed by atoms with Crippen LogP contribution in [0.4, 0.5) is 4.39 Å². The molecule has 9 heteroatoms. The highest BCUT2D eigenvalue weighted by molar-refractivity contribution is 7.99. The summed E-state index contributed by atoms with van der Waals surface area (Å²) in [7, 11) is 0. The molecule has 0 saturated heterocycles. The Morgan fingerprint density at radius 3 is 2.58 bits per heavy atom. The fourth-order valence-electron chi connectivity index (χ4n) is 3.53. The highest BCUT2D eigenvalue weighted by Crippen LogP contribution is 2.34. The topological polar surface area (TPSA) is 84.7 Å². The lowest BCUT2D eigenvalue weighted by Gasteiger charge is -2.19. The first-order valence-electron chi connectivity index (χ1n) is 10.3. The second-order valence-corrected chi connectivity index (χ2v) is 8.48. The number of aromatic nitrogens is 2. The SMILES string of the molecule is Cc1ccc(C2=NN(C(=O)CSc3nnc(-c4ccc(F)cc4)o3)C(c3ccco3)C2)cc1. The van der Waals surface area contributed by atoms with E-state index in [-0.39, 0.29) is 34.6 Å². The number of benzene rings is 2. The van der Waals surface area contributed by atoms with Gasteiger partial charge in [0.2, 0.25) is 5.89 Å². The van der Waals surface area contributed by atoms with Crippen LogP contribution < -0.4 is 0 Å². The average molecular weight is 463 g/mol. The second kappa shape index (κ2) is 9.03. The Hall–Kier alpha value is -3.72. The van der Waals surface area contributed by atoms with Crippen molar-refractivity contribution in [1.82, 2.24) is 15.2 Å². The molecule has 1 unspecified atom stereocenters. The largest absolute Gasteiger partial charge is 0.467 e. The van der Waals surface area contributed by atoms with Crippen molar-refractivity contribution in [2.45, 2.75) is 24.6 Å². The zero-order valence-corrected chi connectivity index (χ0v) is 18.5. The summed E-state index contributed by atoms with van der Waals surface area (Å²) in [6.45, 7) is 2.03. The number of halogens is 1. The molecule has 7 nitrogen and oxygen atoms in total. The van der Waals surface area contributed by atoms with E-state index in [0.29, 0.717) is 17.7 Å². The van der Waals surface area contributed by atoms with Gasteiger partial charge in [-0.15, -0.1) is 10.2 Å². The van der Waals surface area contributed by atoms with Gasteiger partial charge in [0.1, 0.15) is 17.6 Å². The van der Waals surface area contributed by atoms with Gasteiger partial charge in [-0.3, -0.25) is 4.79 Å². The minimum atomic E-state index is -0.347. The predicted molar refractivity (Wildman–Crippen MR) is 121 cm³/mol. The minimum absolute atomic E-state index is 0.0624. The molecule has 33 heavy (non-hydrogen) atoms. The molecule has 0 fully saturated rings. The lowest BCUT2D eigenvalue weighted by molar-refractivity contribution is -0.130. The van der Waals surface area contributed by atoms with Gasteiger partial charge >= 0.3 is 0 Å². The predicted octanol–water partition coefficient (Wildman–Crippen LogP) is 5.25. The summed E-state index contributed by atoms with van der Waals surface area (Å²) in [6, 6.07) is 17.1. The molecule has 2 aromatic carbocycles. The van der Waals surface area contributed by atoms with Crippen LogP contribution in [0.15, 0.2) is 86.1 Å². The van der Waals surface area contributed by atoms with Gasteiger partial charge in [0, 0.05) is 12.0 Å². The Morgan fingerprint density at radius 2 is 1.85 bits per heavy atom. The number of amides is 1. The van der Waals surface area contributed by atoms with Gasteiger partial charge in [-0.25, -0.2) is 9.40 Å². The third-order valence-electron chi connectivity index (χ3n) is 5.24. The van der Waals surface area contributed by atoms with E-state index in [0.717, 1.165) is 28.6 Å². The maximum Gasteiger partial charge on any atom is 0.277 e. The number of aryl methyl sites for hydroxylation is 1. The molecular weight excluding hydrogens is 443 g/mol. The summed E-state index contributed by atoms with van der Waals surface area (Å²) >= 11 is 1.13. The van der Waals surface area contributed by atoms with Crippen molar-refractivity contribution in [2.75, 3.05) is 5.75 Å². The first kappa shape index (κ1) is 21.1. The fourth-order valence-corrected chi connectivity index (χ4v) is 4.15. The normalized spacial score (nSPS) is 15.6. The fraction of sp³-hybridized carbons (Fsp3) is 0.167. The zero-order valence-electron chi connectivity index (χ0n) is 17.6. The van der Waals surface area contributed by atoms with Gasteiger partial charge in [0.25, 0.3) is 11.1 Å². The molecule has 1 amide bonds. The van der Waals surface area contributed by atoms with Crippen LogP contribution in [0.5, 0.6) is 0 Å². The van der Waals surface area contributed by atoms with E-state index in [2.05, 4.69) is 15.3 Å². The van der Waals surface area contributed by atoms with Crippen LogP contribution in [0.3, 0.4) is 0 Å². The minimum Gasteiger partial charge on any atom is -0.467 e.